The van der Waals surface area contributed by atoms with Gasteiger partial charge in [0, 0.05) is 7.11 Å². The monoisotopic (exact) mass is 356 g/mol. The number of hydrogen-bond acceptors (Lipinski definition) is 4. The normalized spacial score (nSPS) is 12.6. The number of hydrazine groups is 1. The minimum Gasteiger partial charge on any atom is -0.383 e. The highest BCUT2D eigenvalue weighted by molar-refractivity contribution is 9.10. The Morgan fingerprint density at radius 2 is 2.33 bits per heavy atom. The van der Waals surface area contributed by atoms with Gasteiger partial charge in [0.25, 0.3) is 0 Å². The lowest BCUT2D eigenvalue weighted by molar-refractivity contribution is 0.181. The van der Waals surface area contributed by atoms with Crippen molar-refractivity contribution in [2.75, 3.05) is 13.7 Å². The van der Waals surface area contributed by atoms with Crippen LogP contribution in [0.2, 0.25) is 0 Å². The maximum atomic E-state index is 13.3. The molecule has 0 spiro atoms. The van der Waals surface area contributed by atoms with Gasteiger partial charge in [0.15, 0.2) is 0 Å². The highest BCUT2D eigenvalue weighted by Gasteiger charge is 2.19. The molecule has 0 aliphatic rings. The molecular weight excluding hydrogens is 339 g/mol. The van der Waals surface area contributed by atoms with Crippen molar-refractivity contribution in [3.63, 3.8) is 0 Å². The van der Waals surface area contributed by atoms with Crippen LogP contribution >= 0.6 is 15.9 Å². The maximum Gasteiger partial charge on any atom is 0.123 e. The first-order chi connectivity index (χ1) is 10.2. The molecule has 21 heavy (non-hydrogen) atoms. The smallest absolute Gasteiger partial charge is 0.123 e. The van der Waals surface area contributed by atoms with E-state index in [1.54, 1.807) is 19.4 Å². The van der Waals surface area contributed by atoms with Crippen LogP contribution in [0.25, 0.3) is 0 Å². The Morgan fingerprint density at radius 1 is 1.52 bits per heavy atom. The van der Waals surface area contributed by atoms with E-state index in [0.717, 1.165) is 15.7 Å². The molecule has 1 aromatic carbocycles. The minimum atomic E-state index is -0.254. The van der Waals surface area contributed by atoms with Crippen molar-refractivity contribution in [3.05, 3.63) is 52.0 Å². The van der Waals surface area contributed by atoms with Crippen LogP contribution in [0.5, 0.6) is 0 Å². The topological polar surface area (TPSA) is 65.1 Å². The number of benzene rings is 1. The first-order valence-corrected chi connectivity index (χ1v) is 7.35. The van der Waals surface area contributed by atoms with E-state index in [9.17, 15) is 4.39 Å². The van der Waals surface area contributed by atoms with Crippen LogP contribution in [0, 0.1) is 5.82 Å². The fraction of sp³-hybridized carbons (Fsp3) is 0.357. The van der Waals surface area contributed by atoms with E-state index in [2.05, 4.69) is 26.5 Å². The number of nitrogens with two attached hydrogens (primary N) is 1. The van der Waals surface area contributed by atoms with Gasteiger partial charge in [0.2, 0.25) is 0 Å². The zero-order chi connectivity index (χ0) is 15.2. The van der Waals surface area contributed by atoms with E-state index in [0.29, 0.717) is 19.6 Å². The summed E-state index contributed by atoms with van der Waals surface area (Å²) < 4.78 is 21.1. The van der Waals surface area contributed by atoms with Crippen molar-refractivity contribution >= 4 is 15.9 Å². The third-order valence-corrected chi connectivity index (χ3v) is 3.81. The number of nitrogens with zero attached hydrogens (tertiary/aromatic N) is 2. The zero-order valence-corrected chi connectivity index (χ0v) is 13.3. The summed E-state index contributed by atoms with van der Waals surface area (Å²) in [5, 5.41) is 4.30. The SMILES string of the molecule is COCCn1ncc(Br)c1C(Cc1cccc(F)c1)NN. The lowest BCUT2D eigenvalue weighted by atomic mass is 10.0. The van der Waals surface area contributed by atoms with Gasteiger partial charge in [-0.25, -0.2) is 4.39 Å². The van der Waals surface area contributed by atoms with E-state index in [1.807, 2.05) is 10.7 Å². The molecular formula is C14H18BrFN4O. The summed E-state index contributed by atoms with van der Waals surface area (Å²) in [6.07, 6.45) is 2.28. The molecule has 2 aromatic rings. The molecule has 3 N–H and O–H groups in total. The second-order valence-electron chi connectivity index (χ2n) is 4.65. The van der Waals surface area contributed by atoms with Crippen molar-refractivity contribution in [2.45, 2.75) is 19.0 Å². The van der Waals surface area contributed by atoms with Gasteiger partial charge in [0.1, 0.15) is 5.82 Å². The van der Waals surface area contributed by atoms with Crippen LogP contribution in [0.4, 0.5) is 4.39 Å². The summed E-state index contributed by atoms with van der Waals surface area (Å²) in [5.74, 6) is 5.42. The van der Waals surface area contributed by atoms with Crippen molar-refractivity contribution in [1.82, 2.24) is 15.2 Å². The summed E-state index contributed by atoms with van der Waals surface area (Å²) >= 11 is 3.48. The van der Waals surface area contributed by atoms with Crippen LogP contribution in [0.3, 0.4) is 0 Å². The minimum absolute atomic E-state index is 0.180. The van der Waals surface area contributed by atoms with Crippen LogP contribution in [-0.4, -0.2) is 23.5 Å². The van der Waals surface area contributed by atoms with E-state index >= 15 is 0 Å². The van der Waals surface area contributed by atoms with Gasteiger partial charge >= 0.3 is 0 Å². The van der Waals surface area contributed by atoms with Gasteiger partial charge in [-0.15, -0.1) is 0 Å². The number of aromatic nitrogens is 2. The summed E-state index contributed by atoms with van der Waals surface area (Å²) in [5.41, 5.74) is 4.56. The van der Waals surface area contributed by atoms with Crippen LogP contribution < -0.4 is 11.3 Å². The molecule has 0 bridgehead atoms. The molecule has 0 aliphatic heterocycles. The maximum absolute atomic E-state index is 13.3. The Morgan fingerprint density at radius 3 is 3.00 bits per heavy atom. The third-order valence-electron chi connectivity index (χ3n) is 3.20. The van der Waals surface area contributed by atoms with Gasteiger partial charge in [-0.1, -0.05) is 12.1 Å². The first kappa shape index (κ1) is 16.1. The number of rotatable bonds is 7. The van der Waals surface area contributed by atoms with Crippen molar-refractivity contribution < 1.29 is 9.13 Å². The van der Waals surface area contributed by atoms with E-state index in [-0.39, 0.29) is 11.9 Å². The molecule has 0 saturated heterocycles. The average molecular weight is 357 g/mol. The lowest BCUT2D eigenvalue weighted by Crippen LogP contribution is -2.32. The van der Waals surface area contributed by atoms with Gasteiger partial charge in [-0.3, -0.25) is 16.0 Å². The molecule has 5 nitrogen and oxygen atoms in total. The zero-order valence-electron chi connectivity index (χ0n) is 11.7. The highest BCUT2D eigenvalue weighted by Crippen LogP contribution is 2.26. The Labute approximate surface area is 131 Å². The molecule has 2 rings (SSSR count). The van der Waals surface area contributed by atoms with Crippen LogP contribution in [-0.2, 0) is 17.7 Å². The van der Waals surface area contributed by atoms with Crippen LogP contribution in [0.15, 0.2) is 34.9 Å². The number of halogens is 2. The van der Waals surface area contributed by atoms with Crippen LogP contribution in [0.1, 0.15) is 17.3 Å². The quantitative estimate of drug-likeness (QED) is 0.589. The second kappa shape index (κ2) is 7.65. The largest absolute Gasteiger partial charge is 0.383 e. The number of hydrogen-bond donors (Lipinski definition) is 2. The number of methoxy groups -OCH3 is 1. The summed E-state index contributed by atoms with van der Waals surface area (Å²) in [6.45, 7) is 1.18. The summed E-state index contributed by atoms with van der Waals surface area (Å²) in [7, 11) is 1.64. The molecule has 114 valence electrons. The van der Waals surface area contributed by atoms with Gasteiger partial charge < -0.3 is 4.74 Å². The van der Waals surface area contributed by atoms with Crippen molar-refractivity contribution in [1.29, 1.82) is 0 Å². The third kappa shape index (κ3) is 4.10. The van der Waals surface area contributed by atoms with Gasteiger partial charge in [0.05, 0.1) is 35.6 Å². The number of ether oxygens (including phenoxy) is 1. The summed E-state index contributed by atoms with van der Waals surface area (Å²) in [4.78, 5) is 0. The van der Waals surface area contributed by atoms with E-state index in [1.165, 1.54) is 12.1 Å². The van der Waals surface area contributed by atoms with Gasteiger partial charge in [-0.2, -0.15) is 5.10 Å². The molecule has 1 heterocycles. The number of nitrogens with one attached hydrogen (secondary N) is 1. The molecule has 7 heteroatoms. The molecule has 1 unspecified atom stereocenters. The highest BCUT2D eigenvalue weighted by atomic mass is 79.9. The Kier molecular flexibility index (Phi) is 5.86. The average Bonchev–Trinajstić information content (AvgIpc) is 2.83. The van der Waals surface area contributed by atoms with Crippen molar-refractivity contribution in [2.24, 2.45) is 5.84 Å². The molecule has 0 radical (unpaired) electrons. The molecule has 0 saturated carbocycles. The van der Waals surface area contributed by atoms with E-state index < -0.39 is 0 Å². The van der Waals surface area contributed by atoms with Gasteiger partial charge in [-0.05, 0) is 40.0 Å². The van der Waals surface area contributed by atoms with E-state index in [4.69, 9.17) is 10.6 Å². The first-order valence-electron chi connectivity index (χ1n) is 6.56. The molecule has 0 fully saturated rings. The predicted octanol–water partition coefficient (Wildman–Crippen LogP) is 2.18. The fourth-order valence-electron chi connectivity index (χ4n) is 2.21. The molecule has 0 aliphatic carbocycles. The predicted molar refractivity (Wildman–Crippen MR) is 82.0 cm³/mol. The Bertz CT molecular complexity index is 590. The lowest BCUT2D eigenvalue weighted by Gasteiger charge is -2.18. The standard InChI is InChI=1S/C14H18BrFN4O/c1-21-6-5-20-14(12(15)9-18-20)13(19-17)8-10-3-2-4-11(16)7-10/h2-4,7,9,13,19H,5-6,8,17H2,1H3. The van der Waals surface area contributed by atoms with Crippen molar-refractivity contribution in [3.8, 4) is 0 Å². The molecule has 1 atom stereocenters. The molecule has 1 aromatic heterocycles. The second-order valence-corrected chi connectivity index (χ2v) is 5.50. The Hall–Kier alpha value is -1.28. The molecule has 0 amide bonds. The fourth-order valence-corrected chi connectivity index (χ4v) is 2.78. The Balaban J connectivity index is 2.22. The summed E-state index contributed by atoms with van der Waals surface area (Å²) in [6, 6.07) is 6.31.